The van der Waals surface area contributed by atoms with Crippen LogP contribution in [0.5, 0.6) is 0 Å². The van der Waals surface area contributed by atoms with Crippen LogP contribution in [-0.2, 0) is 9.47 Å². The van der Waals surface area contributed by atoms with E-state index in [0.29, 0.717) is 26.2 Å². The molecule has 116 valence electrons. The number of nitrogens with zero attached hydrogens (tertiary/aromatic N) is 2. The molecule has 1 saturated heterocycles. The minimum absolute atomic E-state index is 0.290. The number of ether oxygens (including phenoxy) is 2. The maximum atomic E-state index is 11.8. The van der Waals surface area contributed by atoms with Gasteiger partial charge in [0.25, 0.3) is 0 Å². The third kappa shape index (κ3) is 6.24. The zero-order valence-corrected chi connectivity index (χ0v) is 13.8. The molecule has 0 radical (unpaired) electrons. The molecule has 20 heavy (non-hydrogen) atoms. The molecule has 0 bridgehead atoms. The summed E-state index contributed by atoms with van der Waals surface area (Å²) in [6.45, 7) is 6.63. The Balaban J connectivity index is 2.44. The first-order valence-corrected chi connectivity index (χ1v) is 7.14. The van der Waals surface area contributed by atoms with E-state index < -0.39 is 21.8 Å². The molecule has 1 aliphatic rings. The predicted molar refractivity (Wildman–Crippen MR) is 76.2 cm³/mol. The van der Waals surface area contributed by atoms with Gasteiger partial charge in [-0.2, -0.15) is 0 Å². The van der Waals surface area contributed by atoms with E-state index in [9.17, 15) is 9.59 Å². The smallest absolute Gasteiger partial charge is 0.413 e. The Morgan fingerprint density at radius 2 is 1.20 bits per heavy atom. The lowest BCUT2D eigenvalue weighted by molar-refractivity contribution is 0.0127. The molecule has 0 spiro atoms. The molecular formula is C11H17Cl3N2O4. The number of carbonyl (C=O) groups excluding carboxylic acids is 2. The van der Waals surface area contributed by atoms with E-state index in [1.807, 2.05) is 0 Å². The number of alkyl halides is 3. The zero-order valence-electron chi connectivity index (χ0n) is 11.5. The Morgan fingerprint density at radius 1 is 0.850 bits per heavy atom. The van der Waals surface area contributed by atoms with E-state index in [1.54, 1.807) is 20.8 Å². The summed E-state index contributed by atoms with van der Waals surface area (Å²) < 4.78 is 7.76. The quantitative estimate of drug-likeness (QED) is 0.632. The highest BCUT2D eigenvalue weighted by molar-refractivity contribution is 6.66. The molecule has 6 nitrogen and oxygen atoms in total. The monoisotopic (exact) mass is 346 g/mol. The molecule has 0 aliphatic carbocycles. The topological polar surface area (TPSA) is 59.1 Å². The van der Waals surface area contributed by atoms with Gasteiger partial charge in [0.15, 0.2) is 0 Å². The third-order valence-electron chi connectivity index (χ3n) is 2.39. The van der Waals surface area contributed by atoms with Crippen LogP contribution >= 0.6 is 34.8 Å². The second-order valence-corrected chi connectivity index (χ2v) is 7.45. The zero-order chi connectivity index (χ0) is 15.6. The number of amides is 2. The first-order valence-electron chi connectivity index (χ1n) is 6.00. The van der Waals surface area contributed by atoms with Gasteiger partial charge < -0.3 is 19.3 Å². The number of rotatable bonds is 0. The Labute approximate surface area is 132 Å². The van der Waals surface area contributed by atoms with Crippen molar-refractivity contribution < 1.29 is 19.1 Å². The van der Waals surface area contributed by atoms with Crippen LogP contribution in [0.2, 0.25) is 0 Å². The summed E-state index contributed by atoms with van der Waals surface area (Å²) in [4.78, 5) is 26.3. The van der Waals surface area contributed by atoms with Gasteiger partial charge in [-0.25, -0.2) is 9.59 Å². The lowest BCUT2D eigenvalue weighted by atomic mass is 10.2. The number of halogens is 3. The lowest BCUT2D eigenvalue weighted by Crippen LogP contribution is -2.52. The Kier molecular flexibility index (Phi) is 5.63. The van der Waals surface area contributed by atoms with Crippen molar-refractivity contribution in [3.8, 4) is 0 Å². The average Bonchev–Trinajstić information content (AvgIpc) is 2.24. The van der Waals surface area contributed by atoms with Gasteiger partial charge in [0.05, 0.1) is 0 Å². The van der Waals surface area contributed by atoms with Gasteiger partial charge in [-0.1, -0.05) is 0 Å². The lowest BCUT2D eigenvalue weighted by Gasteiger charge is -2.35. The minimum Gasteiger partial charge on any atom is -0.444 e. The molecule has 1 rings (SSSR count). The molecule has 1 fully saturated rings. The maximum Gasteiger partial charge on any atom is 0.413 e. The van der Waals surface area contributed by atoms with Crippen molar-refractivity contribution in [2.24, 2.45) is 0 Å². The first kappa shape index (κ1) is 17.5. The highest BCUT2D eigenvalue weighted by Crippen LogP contribution is 2.28. The van der Waals surface area contributed by atoms with Crippen molar-refractivity contribution in [1.29, 1.82) is 0 Å². The summed E-state index contributed by atoms with van der Waals surface area (Å²) in [5, 5.41) is 0. The Hall–Kier alpha value is -0.590. The standard InChI is InChI=1S/C11H17Cl3N2O4/c1-10(2,3)19-8(17)15-4-6-16(7-5-15)9(18)20-11(12,13)14/h4-7H2,1-3H3. The van der Waals surface area contributed by atoms with Crippen molar-refractivity contribution in [1.82, 2.24) is 9.80 Å². The van der Waals surface area contributed by atoms with Crippen LogP contribution < -0.4 is 0 Å². The summed E-state index contributed by atoms with van der Waals surface area (Å²) in [5.41, 5.74) is -0.553. The molecule has 1 aliphatic heterocycles. The van der Waals surface area contributed by atoms with Crippen molar-refractivity contribution in [3.63, 3.8) is 0 Å². The summed E-state index contributed by atoms with van der Waals surface area (Å²) in [5.74, 6) is 0. The fourth-order valence-electron chi connectivity index (χ4n) is 1.56. The molecule has 0 N–H and O–H groups in total. The van der Waals surface area contributed by atoms with Gasteiger partial charge in [-0.05, 0) is 55.6 Å². The van der Waals surface area contributed by atoms with E-state index in [1.165, 1.54) is 9.80 Å². The van der Waals surface area contributed by atoms with E-state index >= 15 is 0 Å². The van der Waals surface area contributed by atoms with Gasteiger partial charge in [-0.3, -0.25) is 0 Å². The summed E-state index contributed by atoms with van der Waals surface area (Å²) >= 11 is 16.1. The van der Waals surface area contributed by atoms with Crippen molar-refractivity contribution in [2.45, 2.75) is 30.4 Å². The second-order valence-electron chi connectivity index (χ2n) is 5.27. The number of hydrogen-bond acceptors (Lipinski definition) is 4. The van der Waals surface area contributed by atoms with E-state index in [4.69, 9.17) is 39.5 Å². The van der Waals surface area contributed by atoms with Crippen molar-refractivity contribution >= 4 is 47.0 Å². The van der Waals surface area contributed by atoms with Crippen LogP contribution in [-0.4, -0.2) is 57.7 Å². The molecule has 1 heterocycles. The Bertz CT molecular complexity index is 335. The van der Waals surface area contributed by atoms with Gasteiger partial charge in [0.1, 0.15) is 5.60 Å². The number of carbonyl (C=O) groups is 2. The molecule has 2 amide bonds. The maximum absolute atomic E-state index is 11.8. The molecule has 0 aromatic carbocycles. The molecular weight excluding hydrogens is 330 g/mol. The van der Waals surface area contributed by atoms with Crippen LogP contribution in [0.3, 0.4) is 0 Å². The van der Waals surface area contributed by atoms with Gasteiger partial charge in [0.2, 0.25) is 0 Å². The summed E-state index contributed by atoms with van der Waals surface area (Å²) in [7, 11) is 0. The minimum atomic E-state index is -2.08. The molecule has 0 aromatic rings. The second kappa shape index (κ2) is 6.45. The molecule has 0 unspecified atom stereocenters. The number of piperazine rings is 1. The summed E-state index contributed by atoms with van der Waals surface area (Å²) in [6.07, 6.45) is -1.14. The molecule has 0 atom stereocenters. The molecule has 0 aromatic heterocycles. The van der Waals surface area contributed by atoms with Crippen molar-refractivity contribution in [2.75, 3.05) is 26.2 Å². The predicted octanol–water partition coefficient (Wildman–Crippen LogP) is 3.00. The summed E-state index contributed by atoms with van der Waals surface area (Å²) in [6, 6.07) is 0. The highest BCUT2D eigenvalue weighted by atomic mass is 35.6. The van der Waals surface area contributed by atoms with E-state index in [2.05, 4.69) is 4.74 Å². The Morgan fingerprint density at radius 3 is 1.50 bits per heavy atom. The fraction of sp³-hybridized carbons (Fsp3) is 0.818. The van der Waals surface area contributed by atoms with Gasteiger partial charge >= 0.3 is 16.2 Å². The number of hydrogen-bond donors (Lipinski definition) is 0. The van der Waals surface area contributed by atoms with Crippen LogP contribution in [0, 0.1) is 0 Å². The van der Waals surface area contributed by atoms with Crippen LogP contribution in [0.4, 0.5) is 9.59 Å². The van der Waals surface area contributed by atoms with Crippen LogP contribution in [0.25, 0.3) is 0 Å². The first-order chi connectivity index (χ1) is 8.98. The highest BCUT2D eigenvalue weighted by Gasteiger charge is 2.32. The van der Waals surface area contributed by atoms with Crippen molar-refractivity contribution in [3.05, 3.63) is 0 Å². The van der Waals surface area contributed by atoms with Crippen LogP contribution in [0.15, 0.2) is 0 Å². The van der Waals surface area contributed by atoms with E-state index in [0.717, 1.165) is 0 Å². The average molecular weight is 348 g/mol. The van der Waals surface area contributed by atoms with E-state index in [-0.39, 0.29) is 0 Å². The largest absolute Gasteiger partial charge is 0.444 e. The normalized spacial score (nSPS) is 16.9. The van der Waals surface area contributed by atoms with Crippen LogP contribution in [0.1, 0.15) is 20.8 Å². The van der Waals surface area contributed by atoms with Gasteiger partial charge in [-0.15, -0.1) is 0 Å². The van der Waals surface area contributed by atoms with Gasteiger partial charge in [0, 0.05) is 26.2 Å². The SMILES string of the molecule is CC(C)(C)OC(=O)N1CCN(C(=O)OC(Cl)(Cl)Cl)CC1. The molecule has 0 saturated carbocycles. The fourth-order valence-corrected chi connectivity index (χ4v) is 1.76. The third-order valence-corrected chi connectivity index (χ3v) is 2.62. The molecule has 9 heteroatoms.